The van der Waals surface area contributed by atoms with Crippen LogP contribution >= 0.6 is 0 Å². The molecule has 0 spiro atoms. The fourth-order valence-electron chi connectivity index (χ4n) is 2.57. The van der Waals surface area contributed by atoms with Gasteiger partial charge in [-0.25, -0.2) is 4.98 Å². The molecule has 0 aliphatic carbocycles. The molecule has 21 heavy (non-hydrogen) atoms. The highest BCUT2D eigenvalue weighted by Crippen LogP contribution is 2.38. The lowest BCUT2D eigenvalue weighted by Crippen LogP contribution is -2.34. The average Bonchev–Trinajstić information content (AvgIpc) is 2.94. The van der Waals surface area contributed by atoms with E-state index < -0.39 is 0 Å². The standard InChI is InChI=1S/C14H19N5O2/c1-19-8-9(5-18-19)10-6-17-14(20-2)13(15)12(10)11-7-16-3-4-21-11/h5-6,8,11,16H,3-4,7,15H2,1-2H3. The molecular formula is C14H19N5O2. The number of ether oxygens (including phenoxy) is 2. The molecule has 3 rings (SSSR count). The summed E-state index contributed by atoms with van der Waals surface area (Å²) in [6, 6.07) is 0. The molecule has 2 aromatic heterocycles. The summed E-state index contributed by atoms with van der Waals surface area (Å²) in [6.07, 6.45) is 5.37. The van der Waals surface area contributed by atoms with Crippen molar-refractivity contribution in [3.05, 3.63) is 24.2 Å². The maximum atomic E-state index is 6.25. The van der Waals surface area contributed by atoms with E-state index in [1.807, 2.05) is 13.2 Å². The fraction of sp³-hybridized carbons (Fsp3) is 0.429. The van der Waals surface area contributed by atoms with E-state index in [0.29, 0.717) is 24.7 Å². The van der Waals surface area contributed by atoms with Crippen LogP contribution in [0.4, 0.5) is 5.69 Å². The second-order valence-electron chi connectivity index (χ2n) is 4.97. The van der Waals surface area contributed by atoms with E-state index in [-0.39, 0.29) is 6.10 Å². The molecule has 0 bridgehead atoms. The molecule has 3 N–H and O–H groups in total. The average molecular weight is 289 g/mol. The Morgan fingerprint density at radius 3 is 2.95 bits per heavy atom. The Morgan fingerprint density at radius 1 is 1.48 bits per heavy atom. The van der Waals surface area contributed by atoms with E-state index in [4.69, 9.17) is 15.2 Å². The number of hydrogen-bond acceptors (Lipinski definition) is 6. The Balaban J connectivity index is 2.12. The summed E-state index contributed by atoms with van der Waals surface area (Å²) in [5.41, 5.74) is 9.56. The minimum atomic E-state index is -0.120. The molecule has 1 unspecified atom stereocenters. The number of nitrogens with zero attached hydrogens (tertiary/aromatic N) is 3. The summed E-state index contributed by atoms with van der Waals surface area (Å²) >= 11 is 0. The summed E-state index contributed by atoms with van der Waals surface area (Å²) in [6.45, 7) is 2.21. The topological polar surface area (TPSA) is 87.2 Å². The summed E-state index contributed by atoms with van der Waals surface area (Å²) in [5.74, 6) is 0.423. The number of rotatable bonds is 3. The van der Waals surface area contributed by atoms with Crippen molar-refractivity contribution in [3.8, 4) is 17.0 Å². The zero-order chi connectivity index (χ0) is 14.8. The van der Waals surface area contributed by atoms with Crippen molar-refractivity contribution in [2.45, 2.75) is 6.10 Å². The van der Waals surface area contributed by atoms with Gasteiger partial charge in [0.15, 0.2) is 0 Å². The molecule has 1 atom stereocenters. The molecule has 0 aromatic carbocycles. The Labute approximate surface area is 123 Å². The normalized spacial score (nSPS) is 18.7. The van der Waals surface area contributed by atoms with Gasteiger partial charge in [0, 0.05) is 49.2 Å². The van der Waals surface area contributed by atoms with Gasteiger partial charge in [-0.3, -0.25) is 4.68 Å². The molecule has 1 aliphatic rings. The van der Waals surface area contributed by atoms with Gasteiger partial charge in [0.05, 0.1) is 26.0 Å². The van der Waals surface area contributed by atoms with E-state index >= 15 is 0 Å². The van der Waals surface area contributed by atoms with Crippen molar-refractivity contribution in [3.63, 3.8) is 0 Å². The predicted octanol–water partition coefficient (Wildman–Crippen LogP) is 0.734. The first-order valence-electron chi connectivity index (χ1n) is 6.84. The van der Waals surface area contributed by atoms with Crippen LogP contribution in [0.25, 0.3) is 11.1 Å². The number of anilines is 1. The zero-order valence-electron chi connectivity index (χ0n) is 12.2. The molecule has 0 saturated carbocycles. The molecule has 112 valence electrons. The highest BCUT2D eigenvalue weighted by Gasteiger charge is 2.25. The number of pyridine rings is 1. The fourth-order valence-corrected chi connectivity index (χ4v) is 2.57. The van der Waals surface area contributed by atoms with Gasteiger partial charge < -0.3 is 20.5 Å². The Bertz CT molecular complexity index is 634. The molecule has 1 saturated heterocycles. The number of methoxy groups -OCH3 is 1. The molecule has 1 fully saturated rings. The van der Waals surface area contributed by atoms with Gasteiger partial charge in [-0.05, 0) is 0 Å². The van der Waals surface area contributed by atoms with Crippen molar-refractivity contribution in [2.24, 2.45) is 7.05 Å². The highest BCUT2D eigenvalue weighted by atomic mass is 16.5. The quantitative estimate of drug-likeness (QED) is 0.866. The van der Waals surface area contributed by atoms with E-state index in [0.717, 1.165) is 23.2 Å². The van der Waals surface area contributed by atoms with Gasteiger partial charge in [-0.1, -0.05) is 0 Å². The summed E-state index contributed by atoms with van der Waals surface area (Å²) in [5, 5.41) is 7.53. The SMILES string of the molecule is COc1ncc(-c2cnn(C)c2)c(C2CNCCO2)c1N. The zero-order valence-corrected chi connectivity index (χ0v) is 12.2. The second kappa shape index (κ2) is 5.71. The number of hydrogen-bond donors (Lipinski definition) is 2. The van der Waals surface area contributed by atoms with Crippen LogP contribution < -0.4 is 15.8 Å². The maximum absolute atomic E-state index is 6.25. The minimum absolute atomic E-state index is 0.120. The molecule has 7 heteroatoms. The molecule has 2 aromatic rings. The van der Waals surface area contributed by atoms with Crippen molar-refractivity contribution in [2.75, 3.05) is 32.5 Å². The first kappa shape index (κ1) is 13.8. The third-order valence-electron chi connectivity index (χ3n) is 3.58. The van der Waals surface area contributed by atoms with Gasteiger partial charge in [0.25, 0.3) is 0 Å². The molecular weight excluding hydrogens is 270 g/mol. The monoisotopic (exact) mass is 289 g/mol. The van der Waals surface area contributed by atoms with Crippen LogP contribution in [0.3, 0.4) is 0 Å². The molecule has 0 amide bonds. The minimum Gasteiger partial charge on any atom is -0.480 e. The van der Waals surface area contributed by atoms with Crippen LogP contribution in [0.2, 0.25) is 0 Å². The lowest BCUT2D eigenvalue weighted by atomic mass is 9.98. The first-order chi connectivity index (χ1) is 10.2. The van der Waals surface area contributed by atoms with E-state index in [1.165, 1.54) is 0 Å². The van der Waals surface area contributed by atoms with Crippen LogP contribution in [0, 0.1) is 0 Å². The van der Waals surface area contributed by atoms with Crippen LogP contribution in [-0.2, 0) is 11.8 Å². The lowest BCUT2D eigenvalue weighted by molar-refractivity contribution is 0.0283. The Hall–Kier alpha value is -2.12. The smallest absolute Gasteiger partial charge is 0.237 e. The summed E-state index contributed by atoms with van der Waals surface area (Å²) in [7, 11) is 3.44. The van der Waals surface area contributed by atoms with Crippen LogP contribution in [0.1, 0.15) is 11.7 Å². The summed E-state index contributed by atoms with van der Waals surface area (Å²) < 4.78 is 12.8. The molecule has 3 heterocycles. The number of morpholine rings is 1. The van der Waals surface area contributed by atoms with Crippen LogP contribution in [0.15, 0.2) is 18.6 Å². The van der Waals surface area contributed by atoms with E-state index in [1.54, 1.807) is 24.2 Å². The third kappa shape index (κ3) is 2.57. The first-order valence-corrected chi connectivity index (χ1v) is 6.84. The van der Waals surface area contributed by atoms with Crippen molar-refractivity contribution in [1.82, 2.24) is 20.1 Å². The maximum Gasteiger partial charge on any atom is 0.237 e. The number of nitrogens with two attached hydrogens (primary N) is 1. The van der Waals surface area contributed by atoms with Gasteiger partial charge in [0.1, 0.15) is 5.69 Å². The van der Waals surface area contributed by atoms with Crippen LogP contribution in [0.5, 0.6) is 5.88 Å². The predicted molar refractivity (Wildman–Crippen MR) is 79.0 cm³/mol. The van der Waals surface area contributed by atoms with E-state index in [2.05, 4.69) is 15.4 Å². The Kier molecular flexibility index (Phi) is 3.76. The van der Waals surface area contributed by atoms with Crippen molar-refractivity contribution in [1.29, 1.82) is 0 Å². The largest absolute Gasteiger partial charge is 0.480 e. The molecule has 1 aliphatic heterocycles. The van der Waals surface area contributed by atoms with E-state index in [9.17, 15) is 0 Å². The van der Waals surface area contributed by atoms with Crippen molar-refractivity contribution >= 4 is 5.69 Å². The lowest BCUT2D eigenvalue weighted by Gasteiger charge is -2.27. The van der Waals surface area contributed by atoms with Gasteiger partial charge in [-0.15, -0.1) is 0 Å². The Morgan fingerprint density at radius 2 is 2.33 bits per heavy atom. The second-order valence-corrected chi connectivity index (χ2v) is 4.97. The summed E-state index contributed by atoms with van der Waals surface area (Å²) in [4.78, 5) is 4.28. The van der Waals surface area contributed by atoms with Gasteiger partial charge in [0.2, 0.25) is 5.88 Å². The van der Waals surface area contributed by atoms with Crippen LogP contribution in [-0.4, -0.2) is 41.6 Å². The number of nitrogen functional groups attached to an aromatic ring is 1. The highest BCUT2D eigenvalue weighted by molar-refractivity contribution is 5.74. The molecule has 7 nitrogen and oxygen atoms in total. The number of aromatic nitrogens is 3. The number of nitrogens with one attached hydrogen (secondary N) is 1. The van der Waals surface area contributed by atoms with Gasteiger partial charge >= 0.3 is 0 Å². The number of aryl methyl sites for hydroxylation is 1. The third-order valence-corrected chi connectivity index (χ3v) is 3.58. The van der Waals surface area contributed by atoms with Crippen molar-refractivity contribution < 1.29 is 9.47 Å². The molecule has 0 radical (unpaired) electrons. The van der Waals surface area contributed by atoms with Gasteiger partial charge in [-0.2, -0.15) is 5.10 Å².